The van der Waals surface area contributed by atoms with Crippen LogP contribution in [0.3, 0.4) is 0 Å². The molecule has 8 heteroatoms. The van der Waals surface area contributed by atoms with Crippen LogP contribution in [0, 0.1) is 0 Å². The molecule has 1 saturated heterocycles. The zero-order chi connectivity index (χ0) is 23.0. The molecule has 0 spiro atoms. The van der Waals surface area contributed by atoms with Gasteiger partial charge in [-0.3, -0.25) is 0 Å². The fourth-order valence-electron chi connectivity index (χ4n) is 3.87. The molecule has 7 nitrogen and oxygen atoms in total. The summed E-state index contributed by atoms with van der Waals surface area (Å²) in [6, 6.07) is 8.49. The second kappa shape index (κ2) is 12.6. The highest BCUT2D eigenvalue weighted by molar-refractivity contribution is 14.0. The molecular formula is C25H39IN4O3. The summed E-state index contributed by atoms with van der Waals surface area (Å²) >= 11 is 0. The highest BCUT2D eigenvalue weighted by Crippen LogP contribution is 2.35. The summed E-state index contributed by atoms with van der Waals surface area (Å²) in [6.45, 7) is 14.5. The normalized spacial score (nSPS) is 16.1. The predicted octanol–water partition coefficient (Wildman–Crippen LogP) is 4.79. The number of benzene rings is 1. The van der Waals surface area contributed by atoms with Crippen molar-refractivity contribution >= 4 is 29.9 Å². The van der Waals surface area contributed by atoms with Crippen molar-refractivity contribution < 1.29 is 13.9 Å². The molecule has 1 fully saturated rings. The number of hydrogen-bond donors (Lipinski definition) is 2. The highest BCUT2D eigenvalue weighted by atomic mass is 127. The maximum absolute atomic E-state index is 5.89. The predicted molar refractivity (Wildman–Crippen MR) is 143 cm³/mol. The molecular weight excluding hydrogens is 531 g/mol. The highest BCUT2D eigenvalue weighted by Gasteiger charge is 2.34. The summed E-state index contributed by atoms with van der Waals surface area (Å²) in [4.78, 5) is 9.11. The van der Waals surface area contributed by atoms with Crippen molar-refractivity contribution in [3.63, 3.8) is 0 Å². The summed E-state index contributed by atoms with van der Waals surface area (Å²) in [5, 5.41) is 6.90. The van der Waals surface area contributed by atoms with E-state index in [1.165, 1.54) is 5.56 Å². The van der Waals surface area contributed by atoms with Gasteiger partial charge in [0.15, 0.2) is 5.96 Å². The van der Waals surface area contributed by atoms with Gasteiger partial charge in [0.05, 0.1) is 12.8 Å². The van der Waals surface area contributed by atoms with E-state index in [1.807, 2.05) is 6.92 Å². The van der Waals surface area contributed by atoms with Crippen LogP contribution >= 0.6 is 24.0 Å². The third-order valence-corrected chi connectivity index (χ3v) is 5.83. The van der Waals surface area contributed by atoms with Crippen molar-refractivity contribution in [1.29, 1.82) is 0 Å². The van der Waals surface area contributed by atoms with Crippen molar-refractivity contribution in [2.24, 2.45) is 4.99 Å². The first-order chi connectivity index (χ1) is 15.4. The third-order valence-electron chi connectivity index (χ3n) is 5.83. The van der Waals surface area contributed by atoms with E-state index in [-0.39, 0.29) is 34.8 Å². The van der Waals surface area contributed by atoms with Gasteiger partial charge in [0, 0.05) is 37.1 Å². The van der Waals surface area contributed by atoms with E-state index < -0.39 is 0 Å². The Labute approximate surface area is 215 Å². The second-order valence-corrected chi connectivity index (χ2v) is 9.27. The van der Waals surface area contributed by atoms with E-state index in [0.717, 1.165) is 56.6 Å². The van der Waals surface area contributed by atoms with Crippen LogP contribution in [0.25, 0.3) is 0 Å². The van der Waals surface area contributed by atoms with Crippen LogP contribution < -0.4 is 15.4 Å². The van der Waals surface area contributed by atoms with Gasteiger partial charge in [-0.1, -0.05) is 32.9 Å². The topological polar surface area (TPSA) is 80.9 Å². The zero-order valence-corrected chi connectivity index (χ0v) is 22.9. The SMILES string of the molecule is CCNC(=NCc1ncc(C(C)(C)C)o1)NCC1(c2ccc(OCC)cc2)CCOCC1.I. The molecule has 0 aliphatic carbocycles. The summed E-state index contributed by atoms with van der Waals surface area (Å²) in [5.41, 5.74) is 1.22. The van der Waals surface area contributed by atoms with Crippen LogP contribution in [0.15, 0.2) is 39.9 Å². The first-order valence-corrected chi connectivity index (χ1v) is 11.6. The molecule has 3 rings (SSSR count). The van der Waals surface area contributed by atoms with Crippen molar-refractivity contribution in [2.75, 3.05) is 32.9 Å². The number of aliphatic imine (C=N–C) groups is 1. The number of rotatable bonds is 8. The van der Waals surface area contributed by atoms with Gasteiger partial charge in [0.2, 0.25) is 5.89 Å². The monoisotopic (exact) mass is 570 g/mol. The van der Waals surface area contributed by atoms with Crippen LogP contribution in [0.5, 0.6) is 5.75 Å². The average molecular weight is 571 g/mol. The quantitative estimate of drug-likeness (QED) is 0.270. The first-order valence-electron chi connectivity index (χ1n) is 11.6. The van der Waals surface area contributed by atoms with E-state index in [1.54, 1.807) is 6.20 Å². The van der Waals surface area contributed by atoms with E-state index in [9.17, 15) is 0 Å². The minimum Gasteiger partial charge on any atom is -0.494 e. The molecule has 0 atom stereocenters. The van der Waals surface area contributed by atoms with E-state index in [4.69, 9.17) is 18.9 Å². The lowest BCUT2D eigenvalue weighted by Crippen LogP contribution is -2.48. The molecule has 2 heterocycles. The summed E-state index contributed by atoms with van der Waals surface area (Å²) in [6.07, 6.45) is 3.72. The number of halogens is 1. The lowest BCUT2D eigenvalue weighted by atomic mass is 9.74. The van der Waals surface area contributed by atoms with Crippen molar-refractivity contribution in [1.82, 2.24) is 15.6 Å². The van der Waals surface area contributed by atoms with Gasteiger partial charge in [-0.2, -0.15) is 0 Å². The third kappa shape index (κ3) is 7.60. The van der Waals surface area contributed by atoms with Crippen molar-refractivity contribution in [2.45, 2.75) is 64.8 Å². The lowest BCUT2D eigenvalue weighted by molar-refractivity contribution is 0.0513. The summed E-state index contributed by atoms with van der Waals surface area (Å²) in [7, 11) is 0. The Hall–Kier alpha value is -1.81. The van der Waals surface area contributed by atoms with E-state index >= 15 is 0 Å². The lowest BCUT2D eigenvalue weighted by Gasteiger charge is -2.38. The van der Waals surface area contributed by atoms with Gasteiger partial charge in [0.1, 0.15) is 18.1 Å². The van der Waals surface area contributed by atoms with Gasteiger partial charge >= 0.3 is 0 Å². The second-order valence-electron chi connectivity index (χ2n) is 9.27. The van der Waals surface area contributed by atoms with E-state index in [2.05, 4.69) is 67.6 Å². The summed E-state index contributed by atoms with van der Waals surface area (Å²) in [5.74, 6) is 3.17. The number of aromatic nitrogens is 1. The van der Waals surface area contributed by atoms with Crippen molar-refractivity contribution in [3.8, 4) is 5.75 Å². The molecule has 0 unspecified atom stereocenters. The first kappa shape index (κ1) is 27.4. The molecule has 2 N–H and O–H groups in total. The Bertz CT molecular complexity index is 869. The molecule has 1 aliphatic heterocycles. The Balaban J connectivity index is 0.00000385. The Morgan fingerprint density at radius 1 is 1.12 bits per heavy atom. The molecule has 2 aromatic rings. The molecule has 0 radical (unpaired) electrons. The van der Waals surface area contributed by atoms with Crippen LogP contribution in [-0.4, -0.2) is 43.9 Å². The smallest absolute Gasteiger partial charge is 0.216 e. The molecule has 0 saturated carbocycles. The fraction of sp³-hybridized carbons (Fsp3) is 0.600. The molecule has 184 valence electrons. The fourth-order valence-corrected chi connectivity index (χ4v) is 3.87. The van der Waals surface area contributed by atoms with Gasteiger partial charge in [-0.15, -0.1) is 24.0 Å². The molecule has 1 aliphatic rings. The number of nitrogens with zero attached hydrogens (tertiary/aromatic N) is 2. The number of nitrogens with one attached hydrogen (secondary N) is 2. The van der Waals surface area contributed by atoms with Crippen LogP contribution in [0.1, 0.15) is 64.7 Å². The molecule has 0 amide bonds. The van der Waals surface area contributed by atoms with Crippen LogP contribution in [-0.2, 0) is 22.1 Å². The molecule has 1 aromatic heterocycles. The van der Waals surface area contributed by atoms with Crippen molar-refractivity contribution in [3.05, 3.63) is 47.7 Å². The number of guanidine groups is 1. The Morgan fingerprint density at radius 2 is 1.82 bits per heavy atom. The molecule has 33 heavy (non-hydrogen) atoms. The van der Waals surface area contributed by atoms with Crippen LogP contribution in [0.2, 0.25) is 0 Å². The maximum Gasteiger partial charge on any atom is 0.216 e. The van der Waals surface area contributed by atoms with Gasteiger partial charge in [-0.25, -0.2) is 9.98 Å². The van der Waals surface area contributed by atoms with E-state index in [0.29, 0.717) is 19.0 Å². The maximum atomic E-state index is 5.89. The largest absolute Gasteiger partial charge is 0.494 e. The molecule has 0 bridgehead atoms. The number of oxazole rings is 1. The average Bonchev–Trinajstić information content (AvgIpc) is 3.27. The number of ether oxygens (including phenoxy) is 2. The van der Waals surface area contributed by atoms with Gasteiger partial charge in [0.25, 0.3) is 0 Å². The van der Waals surface area contributed by atoms with Crippen LogP contribution in [0.4, 0.5) is 0 Å². The number of hydrogen-bond acceptors (Lipinski definition) is 5. The Kier molecular flexibility index (Phi) is 10.5. The minimum atomic E-state index is -0.0646. The zero-order valence-electron chi connectivity index (χ0n) is 20.6. The van der Waals surface area contributed by atoms with Gasteiger partial charge < -0.3 is 24.5 Å². The minimum absolute atomic E-state index is 0. The Morgan fingerprint density at radius 3 is 2.39 bits per heavy atom. The van der Waals surface area contributed by atoms with Gasteiger partial charge in [-0.05, 0) is 44.4 Å². The molecule has 1 aromatic carbocycles. The standard InChI is InChI=1S/C25H38N4O3.HI/c1-6-26-23(28-17-22-27-16-21(32-22)24(3,4)5)29-18-25(12-14-30-15-13-25)19-8-10-20(11-9-19)31-7-2;/h8-11,16H,6-7,12-15,17-18H2,1-5H3,(H2,26,28,29);1H. The summed E-state index contributed by atoms with van der Waals surface area (Å²) < 4.78 is 17.2.